The van der Waals surface area contributed by atoms with Crippen LogP contribution in [-0.2, 0) is 0 Å². The fraction of sp³-hybridized carbons (Fsp3) is 0.269. The Morgan fingerprint density at radius 3 is 2.32 bits per heavy atom. The normalized spacial score (nSPS) is 19.7. The van der Waals surface area contributed by atoms with Crippen LogP contribution < -0.4 is 10.3 Å². The Kier molecular flexibility index (Phi) is 6.72. The molecule has 1 aliphatic heterocycles. The van der Waals surface area contributed by atoms with Crippen molar-refractivity contribution < 1.29 is 14.6 Å². The van der Waals surface area contributed by atoms with Crippen molar-refractivity contribution in [2.45, 2.75) is 32.2 Å². The minimum atomic E-state index is -0.427. The van der Waals surface area contributed by atoms with Gasteiger partial charge in [-0.2, -0.15) is 5.10 Å². The first-order chi connectivity index (χ1) is 18.3. The number of anilines is 1. The molecule has 1 N–H and O–H groups in total. The van der Waals surface area contributed by atoms with Crippen LogP contribution in [0, 0.1) is 33.1 Å². The monoisotopic (exact) mass is 532 g/mol. The molecule has 0 radical (unpaired) electrons. The van der Waals surface area contributed by atoms with E-state index in [1.54, 1.807) is 38.2 Å². The van der Waals surface area contributed by atoms with Crippen LogP contribution in [-0.4, -0.2) is 33.5 Å². The second kappa shape index (κ2) is 10.1. The Bertz CT molecular complexity index is 1480. The molecular weight excluding hydrogens is 508 g/mol. The molecular formula is C26H24N6O5S. The van der Waals surface area contributed by atoms with E-state index in [-0.39, 0.29) is 29.2 Å². The van der Waals surface area contributed by atoms with Crippen LogP contribution in [0.15, 0.2) is 59.2 Å². The minimum absolute atomic E-state index is 0.00200. The van der Waals surface area contributed by atoms with Crippen LogP contribution in [0.1, 0.15) is 51.8 Å². The number of benzene rings is 2. The zero-order chi connectivity index (χ0) is 27.0. The number of hydrogen-bond donors (Lipinski definition) is 1. The van der Waals surface area contributed by atoms with Crippen LogP contribution in [0.5, 0.6) is 0 Å². The van der Waals surface area contributed by atoms with Gasteiger partial charge in [-0.1, -0.05) is 23.5 Å². The van der Waals surface area contributed by atoms with Crippen LogP contribution in [0.25, 0.3) is 6.08 Å². The lowest BCUT2D eigenvalue weighted by Gasteiger charge is -2.29. The first kappa shape index (κ1) is 25.2. The summed E-state index contributed by atoms with van der Waals surface area (Å²) >= 11 is 1.26. The summed E-state index contributed by atoms with van der Waals surface area (Å²) in [6, 6.07) is 12.6. The molecule has 2 unspecified atom stereocenters. The number of aryl methyl sites for hydroxylation is 1. The zero-order valence-corrected chi connectivity index (χ0v) is 21.5. The number of carbonyl (C=O) groups excluding carboxylic acids is 1. The number of carbonyl (C=O) groups is 1. The Balaban J connectivity index is 1.58. The summed E-state index contributed by atoms with van der Waals surface area (Å²) in [6.07, 6.45) is 4.59. The van der Waals surface area contributed by atoms with Crippen molar-refractivity contribution in [3.63, 3.8) is 0 Å². The molecule has 1 amide bonds. The third-order valence-corrected chi connectivity index (χ3v) is 7.95. The van der Waals surface area contributed by atoms with E-state index in [9.17, 15) is 25.0 Å². The number of rotatable bonds is 6. The van der Waals surface area contributed by atoms with Crippen LogP contribution in [0.2, 0.25) is 0 Å². The molecule has 0 bridgehead atoms. The van der Waals surface area contributed by atoms with E-state index in [1.807, 2.05) is 11.1 Å². The minimum Gasteiger partial charge on any atom is -0.354 e. The van der Waals surface area contributed by atoms with Gasteiger partial charge in [-0.15, -0.1) is 0 Å². The van der Waals surface area contributed by atoms with Gasteiger partial charge < -0.3 is 5.32 Å². The van der Waals surface area contributed by atoms with Crippen molar-refractivity contribution in [2.24, 2.45) is 11.0 Å². The Morgan fingerprint density at radius 2 is 1.71 bits per heavy atom. The third kappa shape index (κ3) is 4.65. The highest BCUT2D eigenvalue weighted by molar-refractivity contribution is 7.17. The lowest BCUT2D eigenvalue weighted by molar-refractivity contribution is -0.385. The van der Waals surface area contributed by atoms with Gasteiger partial charge in [0, 0.05) is 37.2 Å². The van der Waals surface area contributed by atoms with Gasteiger partial charge in [0.2, 0.25) is 5.13 Å². The van der Waals surface area contributed by atoms with Crippen LogP contribution >= 0.6 is 11.3 Å². The molecule has 1 fully saturated rings. The number of fused-ring (bicyclic) bond motifs is 1. The van der Waals surface area contributed by atoms with E-state index in [1.165, 1.54) is 35.6 Å². The topological polar surface area (TPSA) is 144 Å². The smallest absolute Gasteiger partial charge is 0.269 e. The van der Waals surface area contributed by atoms with Gasteiger partial charge >= 0.3 is 0 Å². The summed E-state index contributed by atoms with van der Waals surface area (Å²) in [6.45, 7) is 1.78. The Morgan fingerprint density at radius 1 is 1.08 bits per heavy atom. The van der Waals surface area contributed by atoms with Crippen molar-refractivity contribution in [2.75, 3.05) is 12.1 Å². The number of thiazole rings is 1. The number of nitro benzene ring substituents is 2. The third-order valence-electron chi connectivity index (χ3n) is 6.81. The average Bonchev–Trinajstić information content (AvgIpc) is 3.50. The molecule has 12 heteroatoms. The first-order valence-corrected chi connectivity index (χ1v) is 12.9. The standard InChI is InChI=1S/C26H24N6O5S/c1-15-24(25(33)27-2)38-26(28-15)30-23(17-8-12-20(13-9-17)32(36)37)21-5-3-4-18(22(21)29-30)14-16-6-10-19(11-7-16)31(34)35/h6-14,21,23H,3-5H2,1-2H3,(H,27,33)/b18-14-. The van der Waals surface area contributed by atoms with Crippen molar-refractivity contribution in [3.05, 3.63) is 96.0 Å². The highest BCUT2D eigenvalue weighted by atomic mass is 32.1. The molecule has 2 heterocycles. The molecule has 1 aliphatic carbocycles. The lowest BCUT2D eigenvalue weighted by Crippen LogP contribution is -2.28. The molecule has 0 saturated heterocycles. The maximum absolute atomic E-state index is 12.4. The van der Waals surface area contributed by atoms with E-state index < -0.39 is 9.85 Å². The maximum atomic E-state index is 12.4. The number of allylic oxidation sites excluding steroid dienone is 1. The molecule has 2 atom stereocenters. The first-order valence-electron chi connectivity index (χ1n) is 12.0. The molecule has 2 aromatic carbocycles. The lowest BCUT2D eigenvalue weighted by atomic mass is 9.77. The van der Waals surface area contributed by atoms with E-state index in [4.69, 9.17) is 5.10 Å². The van der Waals surface area contributed by atoms with E-state index in [0.29, 0.717) is 15.7 Å². The SMILES string of the molecule is CNC(=O)c1sc(N2N=C3/C(=C\c4ccc([N+](=O)[O-])cc4)CCCC3C2c2ccc([N+](=O)[O-])cc2)nc1C. The van der Waals surface area contributed by atoms with Gasteiger partial charge in [-0.05, 0) is 61.1 Å². The largest absolute Gasteiger partial charge is 0.354 e. The number of nitro groups is 2. The van der Waals surface area contributed by atoms with Gasteiger partial charge in [-0.3, -0.25) is 25.0 Å². The second-order valence-electron chi connectivity index (χ2n) is 9.13. The van der Waals surface area contributed by atoms with Crippen molar-refractivity contribution >= 4 is 45.5 Å². The number of hydrazone groups is 1. The quantitative estimate of drug-likeness (QED) is 0.329. The zero-order valence-electron chi connectivity index (χ0n) is 20.7. The summed E-state index contributed by atoms with van der Waals surface area (Å²) in [5, 5.41) is 32.3. The predicted molar refractivity (Wildman–Crippen MR) is 144 cm³/mol. The molecule has 1 saturated carbocycles. The number of amides is 1. The summed E-state index contributed by atoms with van der Waals surface area (Å²) in [4.78, 5) is 39.0. The summed E-state index contributed by atoms with van der Waals surface area (Å²) in [7, 11) is 1.57. The molecule has 2 aliphatic rings. The van der Waals surface area contributed by atoms with Gasteiger partial charge in [0.05, 0.1) is 27.3 Å². The number of nitrogens with zero attached hydrogens (tertiary/aromatic N) is 5. The average molecular weight is 533 g/mol. The molecule has 194 valence electrons. The highest BCUT2D eigenvalue weighted by Gasteiger charge is 2.43. The van der Waals surface area contributed by atoms with Gasteiger partial charge in [0.1, 0.15) is 4.88 Å². The Hall–Kier alpha value is -4.45. The molecule has 1 aromatic heterocycles. The maximum Gasteiger partial charge on any atom is 0.269 e. The van der Waals surface area contributed by atoms with Gasteiger partial charge in [0.15, 0.2) is 0 Å². The fourth-order valence-electron chi connectivity index (χ4n) is 4.98. The number of hydrogen-bond acceptors (Lipinski definition) is 9. The van der Waals surface area contributed by atoms with E-state index in [0.717, 1.165) is 41.7 Å². The molecule has 11 nitrogen and oxygen atoms in total. The van der Waals surface area contributed by atoms with Crippen molar-refractivity contribution in [1.82, 2.24) is 10.3 Å². The molecule has 0 spiro atoms. The molecule has 3 aromatic rings. The number of nitrogens with one attached hydrogen (secondary N) is 1. The van der Waals surface area contributed by atoms with Gasteiger partial charge in [0.25, 0.3) is 17.3 Å². The van der Waals surface area contributed by atoms with E-state index >= 15 is 0 Å². The fourth-order valence-corrected chi connectivity index (χ4v) is 5.98. The summed E-state index contributed by atoms with van der Waals surface area (Å²) in [5.41, 5.74) is 4.27. The molecule has 38 heavy (non-hydrogen) atoms. The predicted octanol–water partition coefficient (Wildman–Crippen LogP) is 5.43. The number of non-ortho nitro benzene ring substituents is 2. The summed E-state index contributed by atoms with van der Waals surface area (Å²) in [5.74, 6) is -0.219. The van der Waals surface area contributed by atoms with Crippen molar-refractivity contribution in [3.8, 4) is 0 Å². The second-order valence-corrected chi connectivity index (χ2v) is 10.1. The Labute approximate surface area is 221 Å². The highest BCUT2D eigenvalue weighted by Crippen LogP contribution is 2.47. The van der Waals surface area contributed by atoms with Crippen molar-refractivity contribution in [1.29, 1.82) is 0 Å². The molecule has 5 rings (SSSR count). The number of aromatic nitrogens is 1. The van der Waals surface area contributed by atoms with E-state index in [2.05, 4.69) is 10.3 Å². The van der Waals surface area contributed by atoms with Crippen LogP contribution in [0.3, 0.4) is 0 Å². The summed E-state index contributed by atoms with van der Waals surface area (Å²) < 4.78 is 0. The van der Waals surface area contributed by atoms with Crippen LogP contribution in [0.4, 0.5) is 16.5 Å². The van der Waals surface area contributed by atoms with Gasteiger partial charge in [-0.25, -0.2) is 9.99 Å².